The second kappa shape index (κ2) is 10.9. The predicted molar refractivity (Wildman–Crippen MR) is 136 cm³/mol. The number of amides is 3. The van der Waals surface area contributed by atoms with Gasteiger partial charge in [0, 0.05) is 25.6 Å². The van der Waals surface area contributed by atoms with Gasteiger partial charge in [0.2, 0.25) is 0 Å². The molecular weight excluding hydrogens is 462 g/mol. The standard InChI is InChI=1S/C26H37N5O5/c1-15-11-31(16(2)14-32)25(33)20-7-6-8-21(27-26(34)28-23-17(3)29-36-18(23)4)24(20)35-22(15)13-30(5)12-19-9-10-19/h6-8,15-16,19,22,32H,9-14H2,1-5H3,(H2,27,28,34)/t15-,16+,22+/m0/s1. The fourth-order valence-electron chi connectivity index (χ4n) is 4.61. The molecule has 0 spiro atoms. The highest BCUT2D eigenvalue weighted by Gasteiger charge is 2.35. The minimum Gasteiger partial charge on any atom is -0.486 e. The molecule has 2 heterocycles. The summed E-state index contributed by atoms with van der Waals surface area (Å²) in [6.45, 7) is 9.38. The number of urea groups is 1. The Kier molecular flexibility index (Phi) is 7.85. The van der Waals surface area contributed by atoms with Gasteiger partial charge in [-0.05, 0) is 58.7 Å². The number of aliphatic hydroxyl groups is 1. The molecule has 36 heavy (non-hydrogen) atoms. The molecule has 3 atom stereocenters. The molecule has 1 fully saturated rings. The molecule has 1 saturated carbocycles. The van der Waals surface area contributed by atoms with Crippen molar-refractivity contribution in [2.45, 2.75) is 52.7 Å². The van der Waals surface area contributed by atoms with Gasteiger partial charge in [-0.2, -0.15) is 0 Å². The molecule has 2 aliphatic rings. The summed E-state index contributed by atoms with van der Waals surface area (Å²) in [4.78, 5) is 30.5. The van der Waals surface area contributed by atoms with Crippen molar-refractivity contribution in [1.82, 2.24) is 15.0 Å². The molecule has 3 amide bonds. The van der Waals surface area contributed by atoms with E-state index in [4.69, 9.17) is 9.26 Å². The first kappa shape index (κ1) is 26.0. The van der Waals surface area contributed by atoms with E-state index in [1.165, 1.54) is 12.8 Å². The van der Waals surface area contributed by atoms with Crippen molar-refractivity contribution in [3.8, 4) is 5.75 Å². The van der Waals surface area contributed by atoms with Crippen molar-refractivity contribution < 1.29 is 24.0 Å². The number of para-hydroxylation sites is 1. The average Bonchev–Trinajstić information content (AvgIpc) is 3.60. The summed E-state index contributed by atoms with van der Waals surface area (Å²) < 4.78 is 11.7. The van der Waals surface area contributed by atoms with Crippen molar-refractivity contribution in [3.05, 3.63) is 35.2 Å². The Morgan fingerprint density at radius 1 is 1.28 bits per heavy atom. The van der Waals surface area contributed by atoms with Gasteiger partial charge >= 0.3 is 6.03 Å². The third kappa shape index (κ3) is 5.82. The van der Waals surface area contributed by atoms with Crippen LogP contribution in [0.1, 0.15) is 48.5 Å². The van der Waals surface area contributed by atoms with Gasteiger partial charge in [-0.1, -0.05) is 18.1 Å². The van der Waals surface area contributed by atoms with Crippen molar-refractivity contribution in [1.29, 1.82) is 0 Å². The zero-order chi connectivity index (χ0) is 26.0. The number of carbonyl (C=O) groups excluding carboxylic acids is 2. The molecule has 3 N–H and O–H groups in total. The average molecular weight is 500 g/mol. The van der Waals surface area contributed by atoms with E-state index in [0.29, 0.717) is 47.2 Å². The fraction of sp³-hybridized carbons (Fsp3) is 0.577. The van der Waals surface area contributed by atoms with Crippen LogP contribution in [0.5, 0.6) is 5.75 Å². The number of fused-ring (bicyclic) bond motifs is 1. The van der Waals surface area contributed by atoms with E-state index >= 15 is 0 Å². The monoisotopic (exact) mass is 499 g/mol. The molecule has 10 nitrogen and oxygen atoms in total. The number of benzene rings is 1. The number of anilines is 2. The zero-order valence-electron chi connectivity index (χ0n) is 21.7. The van der Waals surface area contributed by atoms with Gasteiger partial charge in [0.1, 0.15) is 17.5 Å². The molecule has 0 saturated heterocycles. The molecule has 0 radical (unpaired) electrons. The van der Waals surface area contributed by atoms with E-state index in [2.05, 4.69) is 34.7 Å². The van der Waals surface area contributed by atoms with Crippen LogP contribution in [-0.4, -0.2) is 77.4 Å². The molecule has 0 unspecified atom stereocenters. The van der Waals surface area contributed by atoms with Gasteiger partial charge in [-0.3, -0.25) is 4.79 Å². The maximum absolute atomic E-state index is 13.6. The highest BCUT2D eigenvalue weighted by atomic mass is 16.5. The van der Waals surface area contributed by atoms with Crippen LogP contribution in [-0.2, 0) is 0 Å². The van der Waals surface area contributed by atoms with Crippen molar-refractivity contribution in [3.63, 3.8) is 0 Å². The first-order valence-electron chi connectivity index (χ1n) is 12.6. The topological polar surface area (TPSA) is 120 Å². The number of hydrogen-bond acceptors (Lipinski definition) is 7. The number of rotatable bonds is 8. The molecule has 2 aromatic rings. The first-order chi connectivity index (χ1) is 17.2. The molecule has 1 aromatic heterocycles. The zero-order valence-corrected chi connectivity index (χ0v) is 21.7. The summed E-state index contributed by atoms with van der Waals surface area (Å²) in [6.07, 6.45) is 2.31. The van der Waals surface area contributed by atoms with Gasteiger partial charge in [-0.15, -0.1) is 0 Å². The Bertz CT molecular complexity index is 1080. The quantitative estimate of drug-likeness (QED) is 0.508. The number of aromatic nitrogens is 1. The number of likely N-dealkylation sites (N-methyl/N-ethyl adjacent to an activating group) is 1. The van der Waals surface area contributed by atoms with Crippen LogP contribution < -0.4 is 15.4 Å². The Morgan fingerprint density at radius 2 is 2.03 bits per heavy atom. The summed E-state index contributed by atoms with van der Waals surface area (Å²) in [6, 6.07) is 4.29. The maximum Gasteiger partial charge on any atom is 0.323 e. The molecule has 10 heteroatoms. The number of carbonyl (C=O) groups is 2. The number of hydrogen-bond donors (Lipinski definition) is 3. The minimum atomic E-state index is -0.494. The molecule has 0 bridgehead atoms. The van der Waals surface area contributed by atoms with Gasteiger partial charge in [-0.25, -0.2) is 4.79 Å². The molecular formula is C26H37N5O5. The van der Waals surface area contributed by atoms with Crippen LogP contribution in [0.15, 0.2) is 22.7 Å². The van der Waals surface area contributed by atoms with E-state index in [1.807, 2.05) is 6.92 Å². The Hall–Kier alpha value is -3.11. The molecule has 1 aliphatic carbocycles. The summed E-state index contributed by atoms with van der Waals surface area (Å²) in [5.74, 6) is 1.34. The predicted octanol–water partition coefficient (Wildman–Crippen LogP) is 3.50. The SMILES string of the molecule is Cc1noc(C)c1NC(=O)Nc1cccc2c1O[C@H](CN(C)CC1CC1)[C@@H](C)CN([C@H](C)CO)C2=O. The van der Waals surface area contributed by atoms with Crippen molar-refractivity contribution >= 4 is 23.3 Å². The number of aryl methyl sites for hydroxylation is 2. The van der Waals surface area contributed by atoms with E-state index in [1.54, 1.807) is 36.9 Å². The second-order valence-electron chi connectivity index (χ2n) is 10.2. The van der Waals surface area contributed by atoms with Crippen LogP contribution in [0.4, 0.5) is 16.2 Å². The van der Waals surface area contributed by atoms with Crippen LogP contribution in [0.3, 0.4) is 0 Å². The maximum atomic E-state index is 13.6. The normalized spacial score (nSPS) is 20.9. The van der Waals surface area contributed by atoms with Crippen molar-refractivity contribution in [2.75, 3.05) is 43.9 Å². The molecule has 1 aliphatic heterocycles. The summed E-state index contributed by atoms with van der Waals surface area (Å²) in [5.41, 5.74) is 1.82. The van der Waals surface area contributed by atoms with Crippen LogP contribution >= 0.6 is 0 Å². The first-order valence-corrected chi connectivity index (χ1v) is 12.6. The van der Waals surface area contributed by atoms with E-state index in [9.17, 15) is 14.7 Å². The molecule has 1 aromatic carbocycles. The summed E-state index contributed by atoms with van der Waals surface area (Å²) >= 11 is 0. The van der Waals surface area contributed by atoms with Gasteiger partial charge in [0.25, 0.3) is 5.91 Å². The van der Waals surface area contributed by atoms with Gasteiger partial charge in [0.15, 0.2) is 11.5 Å². The minimum absolute atomic E-state index is 0.00180. The Labute approximate surface area is 211 Å². The van der Waals surface area contributed by atoms with Gasteiger partial charge in [0.05, 0.1) is 23.9 Å². The highest BCUT2D eigenvalue weighted by Crippen LogP contribution is 2.36. The van der Waals surface area contributed by atoms with E-state index < -0.39 is 6.03 Å². The van der Waals surface area contributed by atoms with Crippen molar-refractivity contribution in [2.24, 2.45) is 11.8 Å². The van der Waals surface area contributed by atoms with E-state index in [0.717, 1.165) is 12.5 Å². The molecule has 196 valence electrons. The highest BCUT2D eigenvalue weighted by molar-refractivity contribution is 6.04. The lowest BCUT2D eigenvalue weighted by molar-refractivity contribution is 0.0346. The lowest BCUT2D eigenvalue weighted by Gasteiger charge is -2.38. The van der Waals surface area contributed by atoms with Crippen LogP contribution in [0.25, 0.3) is 0 Å². The van der Waals surface area contributed by atoms with Crippen LogP contribution in [0, 0.1) is 25.7 Å². The lowest BCUT2D eigenvalue weighted by Crippen LogP contribution is -2.50. The summed E-state index contributed by atoms with van der Waals surface area (Å²) in [7, 11) is 2.09. The number of ether oxygens (including phenoxy) is 1. The third-order valence-electron chi connectivity index (χ3n) is 6.97. The Morgan fingerprint density at radius 3 is 2.67 bits per heavy atom. The fourth-order valence-corrected chi connectivity index (χ4v) is 4.61. The lowest BCUT2D eigenvalue weighted by atomic mass is 9.99. The smallest absolute Gasteiger partial charge is 0.323 e. The second-order valence-corrected chi connectivity index (χ2v) is 10.2. The number of aliphatic hydroxyl groups excluding tert-OH is 1. The van der Waals surface area contributed by atoms with Crippen LogP contribution in [0.2, 0.25) is 0 Å². The molecule has 4 rings (SSSR count). The number of nitrogens with one attached hydrogen (secondary N) is 2. The largest absolute Gasteiger partial charge is 0.486 e. The summed E-state index contributed by atoms with van der Waals surface area (Å²) in [5, 5.41) is 19.3. The van der Waals surface area contributed by atoms with Gasteiger partial charge < -0.3 is 34.8 Å². The third-order valence-corrected chi connectivity index (χ3v) is 6.97. The Balaban J connectivity index is 1.64. The number of nitrogens with zero attached hydrogens (tertiary/aromatic N) is 3. The van der Waals surface area contributed by atoms with E-state index in [-0.39, 0.29) is 30.6 Å².